The van der Waals surface area contributed by atoms with E-state index in [-0.39, 0.29) is 8.59 Å². The lowest BCUT2D eigenvalue weighted by molar-refractivity contribution is -0.138. The summed E-state index contributed by atoms with van der Waals surface area (Å²) in [5.41, 5.74) is -0.796. The Balaban J connectivity index is 3.26. The molecule has 0 saturated heterocycles. The fourth-order valence-corrected chi connectivity index (χ4v) is 1.36. The second-order valence-corrected chi connectivity index (χ2v) is 3.47. The largest absolute Gasteiger partial charge is 0.418 e. The van der Waals surface area contributed by atoms with E-state index in [0.29, 0.717) is 0 Å². The van der Waals surface area contributed by atoms with E-state index >= 15 is 0 Å². The minimum Gasteiger partial charge on any atom is -0.262 e. The number of aromatic nitrogens is 1. The fraction of sp³-hybridized carbons (Fsp3) is 0.167. The van der Waals surface area contributed by atoms with Gasteiger partial charge in [-0.2, -0.15) is 13.2 Å². The highest BCUT2D eigenvalue weighted by atomic mass is 127. The molecular formula is C6H2ClF3IN. The van der Waals surface area contributed by atoms with Gasteiger partial charge in [0, 0.05) is 16.0 Å². The Bertz CT molecular complexity index is 299. The number of hydrogen-bond acceptors (Lipinski definition) is 1. The number of hydrogen-bond donors (Lipinski definition) is 0. The summed E-state index contributed by atoms with van der Waals surface area (Å²) in [7, 11) is 0. The van der Waals surface area contributed by atoms with Crippen molar-refractivity contribution in [2.45, 2.75) is 6.18 Å². The average Bonchev–Trinajstić information content (AvgIpc) is 1.92. The van der Waals surface area contributed by atoms with Crippen molar-refractivity contribution in [3.63, 3.8) is 0 Å². The van der Waals surface area contributed by atoms with Crippen molar-refractivity contribution in [3.8, 4) is 0 Å². The molecule has 6 heteroatoms. The Morgan fingerprint density at radius 1 is 1.33 bits per heavy atom. The van der Waals surface area contributed by atoms with E-state index in [9.17, 15) is 13.2 Å². The fourth-order valence-electron chi connectivity index (χ4n) is 0.617. The van der Waals surface area contributed by atoms with Crippen LogP contribution >= 0.6 is 34.2 Å². The molecule has 0 aliphatic carbocycles. The first-order valence-electron chi connectivity index (χ1n) is 2.79. The van der Waals surface area contributed by atoms with Crippen LogP contribution in [0.3, 0.4) is 0 Å². The van der Waals surface area contributed by atoms with Crippen molar-refractivity contribution in [1.82, 2.24) is 4.98 Å². The summed E-state index contributed by atoms with van der Waals surface area (Å²) in [5, 5.41) is 0.0189. The predicted octanol–water partition coefficient (Wildman–Crippen LogP) is 3.36. The van der Waals surface area contributed by atoms with Gasteiger partial charge in [0.25, 0.3) is 0 Å². The lowest BCUT2D eigenvalue weighted by Gasteiger charge is -2.08. The maximum atomic E-state index is 12.1. The third-order valence-corrected chi connectivity index (χ3v) is 2.91. The lowest BCUT2D eigenvalue weighted by Crippen LogP contribution is -2.08. The topological polar surface area (TPSA) is 12.9 Å². The molecule has 12 heavy (non-hydrogen) atoms. The standard InChI is InChI=1S/C6H2ClF3IN/c7-4-2-12-1-3(5(4)11)6(8,9)10/h1-2H. The van der Waals surface area contributed by atoms with Crippen LogP contribution < -0.4 is 0 Å². The first kappa shape index (κ1) is 10.0. The molecule has 0 bridgehead atoms. The second-order valence-electron chi connectivity index (χ2n) is 1.98. The van der Waals surface area contributed by atoms with Crippen molar-refractivity contribution in [2.24, 2.45) is 0 Å². The van der Waals surface area contributed by atoms with Crippen LogP contribution in [0.25, 0.3) is 0 Å². The van der Waals surface area contributed by atoms with Crippen LogP contribution in [0.2, 0.25) is 5.02 Å². The molecule has 0 N–H and O–H groups in total. The normalized spacial score (nSPS) is 11.8. The highest BCUT2D eigenvalue weighted by Crippen LogP contribution is 2.34. The molecule has 0 fully saturated rings. The molecular weight excluding hydrogens is 305 g/mol. The minimum absolute atomic E-state index is 0.0169. The summed E-state index contributed by atoms with van der Waals surface area (Å²) in [6.07, 6.45) is -2.44. The zero-order valence-electron chi connectivity index (χ0n) is 5.49. The second kappa shape index (κ2) is 3.37. The van der Waals surface area contributed by atoms with Crippen LogP contribution in [0.5, 0.6) is 0 Å². The van der Waals surface area contributed by atoms with Crippen LogP contribution in [0.4, 0.5) is 13.2 Å². The molecule has 0 amide bonds. The summed E-state index contributed by atoms with van der Waals surface area (Å²) in [6.45, 7) is 0. The number of rotatable bonds is 0. The molecule has 1 rings (SSSR count). The summed E-state index contributed by atoms with van der Waals surface area (Å²) < 4.78 is 36.4. The Kier molecular flexibility index (Phi) is 2.82. The third-order valence-electron chi connectivity index (χ3n) is 1.14. The molecule has 0 saturated carbocycles. The van der Waals surface area contributed by atoms with Crippen LogP contribution in [-0.4, -0.2) is 4.98 Å². The molecule has 0 aliphatic heterocycles. The van der Waals surface area contributed by atoms with Gasteiger partial charge in [0.1, 0.15) is 0 Å². The first-order chi connectivity index (χ1) is 5.43. The zero-order valence-corrected chi connectivity index (χ0v) is 8.41. The lowest BCUT2D eigenvalue weighted by atomic mass is 10.3. The van der Waals surface area contributed by atoms with E-state index in [4.69, 9.17) is 11.6 Å². The maximum absolute atomic E-state index is 12.1. The molecule has 1 aromatic heterocycles. The molecule has 66 valence electrons. The quantitative estimate of drug-likeness (QED) is 0.670. The van der Waals surface area contributed by atoms with Crippen LogP contribution in [-0.2, 0) is 6.18 Å². The minimum atomic E-state index is -4.38. The van der Waals surface area contributed by atoms with Gasteiger partial charge in [-0.25, -0.2) is 0 Å². The van der Waals surface area contributed by atoms with Crippen molar-refractivity contribution in [3.05, 3.63) is 26.5 Å². The first-order valence-corrected chi connectivity index (χ1v) is 4.25. The van der Waals surface area contributed by atoms with Gasteiger partial charge < -0.3 is 0 Å². The number of halogens is 5. The van der Waals surface area contributed by atoms with Crippen molar-refractivity contribution < 1.29 is 13.2 Å². The number of nitrogens with zero attached hydrogens (tertiary/aromatic N) is 1. The van der Waals surface area contributed by atoms with Crippen LogP contribution in [0.1, 0.15) is 5.56 Å². The van der Waals surface area contributed by atoms with E-state index < -0.39 is 11.7 Å². The summed E-state index contributed by atoms with van der Waals surface area (Å²) in [5.74, 6) is 0. The van der Waals surface area contributed by atoms with Crippen molar-refractivity contribution in [1.29, 1.82) is 0 Å². The van der Waals surface area contributed by atoms with Crippen molar-refractivity contribution in [2.75, 3.05) is 0 Å². The van der Waals surface area contributed by atoms with Crippen LogP contribution in [0.15, 0.2) is 12.4 Å². The van der Waals surface area contributed by atoms with Gasteiger partial charge in [-0.1, -0.05) is 11.6 Å². The number of pyridine rings is 1. The van der Waals surface area contributed by atoms with Gasteiger partial charge in [0.05, 0.1) is 10.6 Å². The van der Waals surface area contributed by atoms with E-state index in [1.165, 1.54) is 28.8 Å². The summed E-state index contributed by atoms with van der Waals surface area (Å²) in [4.78, 5) is 3.35. The molecule has 1 aromatic rings. The van der Waals surface area contributed by atoms with Gasteiger partial charge in [0.2, 0.25) is 0 Å². The van der Waals surface area contributed by atoms with Gasteiger partial charge in [-0.05, 0) is 22.6 Å². The molecule has 0 atom stereocenters. The van der Waals surface area contributed by atoms with Gasteiger partial charge >= 0.3 is 6.18 Å². The Labute approximate surface area is 85.1 Å². The Hall–Kier alpha value is -0.0400. The smallest absolute Gasteiger partial charge is 0.262 e. The molecule has 0 spiro atoms. The molecule has 1 heterocycles. The molecule has 0 aliphatic rings. The van der Waals surface area contributed by atoms with Gasteiger partial charge in [-0.3, -0.25) is 4.98 Å². The Morgan fingerprint density at radius 2 is 1.92 bits per heavy atom. The molecule has 0 aromatic carbocycles. The highest BCUT2D eigenvalue weighted by molar-refractivity contribution is 14.1. The van der Waals surface area contributed by atoms with E-state index in [1.54, 1.807) is 0 Å². The van der Waals surface area contributed by atoms with E-state index in [1.807, 2.05) is 0 Å². The maximum Gasteiger partial charge on any atom is 0.418 e. The summed E-state index contributed by atoms with van der Waals surface area (Å²) >= 11 is 6.99. The van der Waals surface area contributed by atoms with Gasteiger partial charge in [0.15, 0.2) is 0 Å². The van der Waals surface area contributed by atoms with E-state index in [0.717, 1.165) is 6.20 Å². The summed E-state index contributed by atoms with van der Waals surface area (Å²) in [6, 6.07) is 0. The molecule has 1 nitrogen and oxygen atoms in total. The van der Waals surface area contributed by atoms with Gasteiger partial charge in [-0.15, -0.1) is 0 Å². The molecule has 0 radical (unpaired) electrons. The molecule has 0 unspecified atom stereocenters. The average molecular weight is 307 g/mol. The SMILES string of the molecule is FC(F)(F)c1cncc(Cl)c1I. The number of alkyl halides is 3. The predicted molar refractivity (Wildman–Crippen MR) is 47.0 cm³/mol. The van der Waals surface area contributed by atoms with Crippen molar-refractivity contribution >= 4 is 34.2 Å². The monoisotopic (exact) mass is 307 g/mol. The third kappa shape index (κ3) is 2.01. The van der Waals surface area contributed by atoms with Crippen LogP contribution in [0, 0.1) is 3.57 Å². The van der Waals surface area contributed by atoms with E-state index in [2.05, 4.69) is 4.98 Å². The zero-order chi connectivity index (χ0) is 9.35. The Morgan fingerprint density at radius 3 is 2.33 bits per heavy atom. The highest BCUT2D eigenvalue weighted by Gasteiger charge is 2.33.